The van der Waals surface area contributed by atoms with E-state index in [-0.39, 0.29) is 6.42 Å². The molecule has 22 heavy (non-hydrogen) atoms. The standard InChI is InChI=1S/C20H34O2/c1-2-3-4-5-6-7-8-9-10-11-12-13-14-15-16-17-18-19-20(21)22/h2,11-12,15-16H,1,3-10,13-14,17-19H2,(H,21,22). The van der Waals surface area contributed by atoms with Gasteiger partial charge < -0.3 is 5.11 Å². The summed E-state index contributed by atoms with van der Waals surface area (Å²) in [6.07, 6.45) is 25.3. The normalized spacial score (nSPS) is 11.5. The van der Waals surface area contributed by atoms with Gasteiger partial charge in [-0.05, 0) is 51.4 Å². The number of hydrogen-bond acceptors (Lipinski definition) is 1. The maximum atomic E-state index is 10.3. The van der Waals surface area contributed by atoms with E-state index in [2.05, 4.69) is 30.9 Å². The van der Waals surface area contributed by atoms with Gasteiger partial charge in [0.05, 0.1) is 0 Å². The molecule has 0 aromatic rings. The molecule has 0 rings (SSSR count). The Morgan fingerprint density at radius 1 is 0.682 bits per heavy atom. The van der Waals surface area contributed by atoms with E-state index < -0.39 is 5.97 Å². The molecule has 0 aromatic carbocycles. The first-order valence-electron chi connectivity index (χ1n) is 8.90. The summed E-state index contributed by atoms with van der Waals surface area (Å²) in [6.45, 7) is 3.74. The highest BCUT2D eigenvalue weighted by Crippen LogP contribution is 2.09. The molecule has 0 aromatic heterocycles. The highest BCUT2D eigenvalue weighted by Gasteiger charge is 1.93. The molecule has 0 spiro atoms. The van der Waals surface area contributed by atoms with Gasteiger partial charge >= 0.3 is 5.97 Å². The Bertz CT molecular complexity index is 316. The molecule has 0 aliphatic heterocycles. The van der Waals surface area contributed by atoms with Gasteiger partial charge in [0.15, 0.2) is 0 Å². The van der Waals surface area contributed by atoms with Crippen LogP contribution in [0.15, 0.2) is 37.0 Å². The third-order valence-electron chi connectivity index (χ3n) is 3.62. The summed E-state index contributed by atoms with van der Waals surface area (Å²) in [4.78, 5) is 10.3. The Morgan fingerprint density at radius 2 is 1.14 bits per heavy atom. The second kappa shape index (κ2) is 17.7. The molecule has 0 unspecified atom stereocenters. The third kappa shape index (κ3) is 18.7. The van der Waals surface area contributed by atoms with Gasteiger partial charge in [-0.2, -0.15) is 0 Å². The second-order valence-electron chi connectivity index (χ2n) is 5.79. The Morgan fingerprint density at radius 3 is 1.68 bits per heavy atom. The SMILES string of the molecule is C=CCCCCCCCCC=CCCC=CCCCC(=O)O. The first-order chi connectivity index (χ1) is 10.8. The summed E-state index contributed by atoms with van der Waals surface area (Å²) in [5.74, 6) is -0.701. The van der Waals surface area contributed by atoms with Crippen LogP contribution in [0.3, 0.4) is 0 Å². The van der Waals surface area contributed by atoms with Crippen molar-refractivity contribution in [3.63, 3.8) is 0 Å². The second-order valence-corrected chi connectivity index (χ2v) is 5.79. The number of rotatable bonds is 16. The zero-order chi connectivity index (χ0) is 16.3. The topological polar surface area (TPSA) is 37.3 Å². The molecule has 126 valence electrons. The van der Waals surface area contributed by atoms with E-state index in [9.17, 15) is 4.79 Å². The molecule has 1 N–H and O–H groups in total. The van der Waals surface area contributed by atoms with E-state index >= 15 is 0 Å². The minimum Gasteiger partial charge on any atom is -0.481 e. The molecule has 0 saturated carbocycles. The van der Waals surface area contributed by atoms with Crippen LogP contribution in [-0.2, 0) is 4.79 Å². The van der Waals surface area contributed by atoms with E-state index in [1.807, 2.05) is 6.08 Å². The van der Waals surface area contributed by atoms with Crippen LogP contribution in [0.1, 0.15) is 83.5 Å². The lowest BCUT2D eigenvalue weighted by molar-refractivity contribution is -0.137. The molecular formula is C20H34O2. The summed E-state index contributed by atoms with van der Waals surface area (Å²) in [6, 6.07) is 0. The van der Waals surface area contributed by atoms with Crippen LogP contribution in [0.25, 0.3) is 0 Å². The number of carboxylic acids is 1. The zero-order valence-corrected chi connectivity index (χ0v) is 14.1. The van der Waals surface area contributed by atoms with E-state index in [4.69, 9.17) is 5.11 Å². The van der Waals surface area contributed by atoms with Crippen LogP contribution < -0.4 is 0 Å². The molecule has 2 nitrogen and oxygen atoms in total. The average Bonchev–Trinajstić information content (AvgIpc) is 2.50. The number of allylic oxidation sites excluding steroid dienone is 5. The lowest BCUT2D eigenvalue weighted by Crippen LogP contribution is -1.92. The smallest absolute Gasteiger partial charge is 0.303 e. The van der Waals surface area contributed by atoms with Crippen molar-refractivity contribution < 1.29 is 9.90 Å². The fourth-order valence-electron chi connectivity index (χ4n) is 2.29. The van der Waals surface area contributed by atoms with Gasteiger partial charge in [0, 0.05) is 6.42 Å². The van der Waals surface area contributed by atoms with Crippen molar-refractivity contribution in [3.8, 4) is 0 Å². The maximum Gasteiger partial charge on any atom is 0.303 e. The monoisotopic (exact) mass is 306 g/mol. The number of carboxylic acid groups (broad SMARTS) is 1. The minimum atomic E-state index is -0.701. The summed E-state index contributed by atoms with van der Waals surface area (Å²) < 4.78 is 0. The first kappa shape index (κ1) is 20.7. The van der Waals surface area contributed by atoms with Gasteiger partial charge in [0.2, 0.25) is 0 Å². The molecule has 0 aliphatic rings. The molecule has 0 bridgehead atoms. The van der Waals surface area contributed by atoms with Crippen molar-refractivity contribution in [1.82, 2.24) is 0 Å². The molecule has 0 heterocycles. The summed E-state index contributed by atoms with van der Waals surface area (Å²) in [5.41, 5.74) is 0. The van der Waals surface area contributed by atoms with Gasteiger partial charge in [-0.3, -0.25) is 4.79 Å². The summed E-state index contributed by atoms with van der Waals surface area (Å²) in [7, 11) is 0. The number of hydrogen-bond donors (Lipinski definition) is 1. The van der Waals surface area contributed by atoms with E-state index in [0.29, 0.717) is 0 Å². The van der Waals surface area contributed by atoms with Gasteiger partial charge in [0.25, 0.3) is 0 Å². The van der Waals surface area contributed by atoms with Crippen molar-refractivity contribution in [2.24, 2.45) is 0 Å². The van der Waals surface area contributed by atoms with Gasteiger partial charge in [-0.15, -0.1) is 6.58 Å². The lowest BCUT2D eigenvalue weighted by atomic mass is 10.1. The highest BCUT2D eigenvalue weighted by atomic mass is 16.4. The van der Waals surface area contributed by atoms with E-state index in [0.717, 1.165) is 32.1 Å². The van der Waals surface area contributed by atoms with Crippen LogP contribution in [0.5, 0.6) is 0 Å². The largest absolute Gasteiger partial charge is 0.481 e. The predicted octanol–water partition coefficient (Wildman–Crippen LogP) is 6.44. The summed E-state index contributed by atoms with van der Waals surface area (Å²) in [5, 5.41) is 8.50. The molecule has 0 fully saturated rings. The lowest BCUT2D eigenvalue weighted by Gasteiger charge is -1.99. The Balaban J connectivity index is 3.19. The van der Waals surface area contributed by atoms with Crippen molar-refractivity contribution >= 4 is 5.97 Å². The van der Waals surface area contributed by atoms with Crippen LogP contribution in [0.2, 0.25) is 0 Å². The van der Waals surface area contributed by atoms with Crippen molar-refractivity contribution in [2.75, 3.05) is 0 Å². The first-order valence-corrected chi connectivity index (χ1v) is 8.90. The average molecular weight is 306 g/mol. The van der Waals surface area contributed by atoms with Crippen LogP contribution in [-0.4, -0.2) is 11.1 Å². The molecule has 0 amide bonds. The third-order valence-corrected chi connectivity index (χ3v) is 3.62. The maximum absolute atomic E-state index is 10.3. The molecular weight excluding hydrogens is 272 g/mol. The fourth-order valence-corrected chi connectivity index (χ4v) is 2.29. The van der Waals surface area contributed by atoms with Crippen molar-refractivity contribution in [3.05, 3.63) is 37.0 Å². The minimum absolute atomic E-state index is 0.276. The number of unbranched alkanes of at least 4 members (excludes halogenated alkanes) is 9. The Hall–Kier alpha value is -1.31. The highest BCUT2D eigenvalue weighted by molar-refractivity contribution is 5.66. The quantitative estimate of drug-likeness (QED) is 0.263. The zero-order valence-electron chi connectivity index (χ0n) is 14.1. The predicted molar refractivity (Wildman–Crippen MR) is 96.1 cm³/mol. The van der Waals surface area contributed by atoms with Crippen molar-refractivity contribution in [2.45, 2.75) is 83.5 Å². The van der Waals surface area contributed by atoms with Crippen molar-refractivity contribution in [1.29, 1.82) is 0 Å². The molecule has 0 aliphatic carbocycles. The number of aliphatic carboxylic acids is 1. The van der Waals surface area contributed by atoms with Crippen LogP contribution >= 0.6 is 0 Å². The Kier molecular flexibility index (Phi) is 16.7. The molecule has 0 radical (unpaired) electrons. The van der Waals surface area contributed by atoms with Gasteiger partial charge in [-0.25, -0.2) is 0 Å². The summed E-state index contributed by atoms with van der Waals surface area (Å²) >= 11 is 0. The molecule has 2 heteroatoms. The fraction of sp³-hybridized carbons (Fsp3) is 0.650. The van der Waals surface area contributed by atoms with Crippen LogP contribution in [0.4, 0.5) is 0 Å². The van der Waals surface area contributed by atoms with Gasteiger partial charge in [-0.1, -0.05) is 56.1 Å². The van der Waals surface area contributed by atoms with E-state index in [1.54, 1.807) is 0 Å². The Labute approximate surface area is 137 Å². The molecule has 0 saturated heterocycles. The molecule has 0 atom stereocenters. The van der Waals surface area contributed by atoms with E-state index in [1.165, 1.54) is 44.9 Å². The van der Waals surface area contributed by atoms with Crippen LogP contribution in [0, 0.1) is 0 Å². The number of carbonyl (C=O) groups is 1. The van der Waals surface area contributed by atoms with Gasteiger partial charge in [0.1, 0.15) is 0 Å².